The van der Waals surface area contributed by atoms with Gasteiger partial charge in [-0.05, 0) is 30.3 Å². The van der Waals surface area contributed by atoms with Crippen molar-refractivity contribution in [2.45, 2.75) is 71.1 Å². The van der Waals surface area contributed by atoms with Crippen molar-refractivity contribution >= 4 is 20.4 Å². The summed E-state index contributed by atoms with van der Waals surface area (Å²) < 4.78 is 11.9. The second-order valence-corrected chi connectivity index (χ2v) is 14.6. The zero-order valence-electron chi connectivity index (χ0n) is 17.9. The Morgan fingerprint density at radius 3 is 2.21 bits per heavy atom. The molecule has 7 heteroatoms. The van der Waals surface area contributed by atoms with Crippen molar-refractivity contribution in [1.82, 2.24) is 0 Å². The zero-order valence-corrected chi connectivity index (χ0v) is 19.7. The van der Waals surface area contributed by atoms with Gasteiger partial charge < -0.3 is 19.5 Å². The summed E-state index contributed by atoms with van der Waals surface area (Å²) in [4.78, 5) is 5.78. The average molecular weight is 427 g/mol. The fraction of sp³-hybridized carbons (Fsp3) is 0.619. The molecule has 158 valence electrons. The van der Waals surface area contributed by atoms with E-state index in [1.54, 1.807) is 12.1 Å². The number of aliphatic hydroxyl groups excluding tert-OH is 2. The Morgan fingerprint density at radius 2 is 1.64 bits per heavy atom. The molecule has 0 radical (unpaired) electrons. The molecule has 2 N–H and O–H groups in total. The highest BCUT2D eigenvalue weighted by Gasteiger charge is 2.45. The topological polar surface area (TPSA) is 68.2 Å². The van der Waals surface area contributed by atoms with Crippen LogP contribution >= 0.6 is 12.0 Å². The molecule has 0 bridgehead atoms. The second-order valence-electron chi connectivity index (χ2n) is 9.11. The van der Waals surface area contributed by atoms with Gasteiger partial charge >= 0.3 is 0 Å². The molecule has 0 aliphatic heterocycles. The third kappa shape index (κ3) is 5.61. The van der Waals surface area contributed by atoms with E-state index in [0.29, 0.717) is 10.7 Å². The first-order chi connectivity index (χ1) is 12.9. The molecule has 0 amide bonds. The van der Waals surface area contributed by atoms with Crippen molar-refractivity contribution < 1.29 is 23.9 Å². The van der Waals surface area contributed by atoms with Gasteiger partial charge in [-0.15, -0.1) is 4.33 Å². The molecule has 0 saturated carbocycles. The normalized spacial score (nSPS) is 29.2. The van der Waals surface area contributed by atoms with Gasteiger partial charge in [0.25, 0.3) is 0 Å². The average Bonchev–Trinajstić information content (AvgIpc) is 2.69. The molecular weight excluding hydrogens is 392 g/mol. The fourth-order valence-corrected chi connectivity index (χ4v) is 5.12. The van der Waals surface area contributed by atoms with Gasteiger partial charge in [0.05, 0.1) is 24.3 Å². The lowest BCUT2D eigenvalue weighted by atomic mass is 9.90. The Bertz CT molecular complexity index is 659. The summed E-state index contributed by atoms with van der Waals surface area (Å²) >= 11 is 0.933. The van der Waals surface area contributed by atoms with E-state index in [0.717, 1.165) is 12.0 Å². The molecule has 0 aromatic heterocycles. The van der Waals surface area contributed by atoms with Crippen molar-refractivity contribution in [3.63, 3.8) is 0 Å². The summed E-state index contributed by atoms with van der Waals surface area (Å²) in [5.74, 6) is 0.363. The van der Waals surface area contributed by atoms with Gasteiger partial charge in [-0.25, -0.2) is 0 Å². The van der Waals surface area contributed by atoms with E-state index in [2.05, 4.69) is 40.8 Å². The highest BCUT2D eigenvalue weighted by atomic mass is 32.2. The Morgan fingerprint density at radius 1 is 1.04 bits per heavy atom. The lowest BCUT2D eigenvalue weighted by Gasteiger charge is -2.42. The molecular formula is C21H34O5SSi. The standard InChI is InChI=1S/C21H34O5SSi/c1-14-13-17(27-26-24-16-11-9-8-10-12-16)19(23)18(22)15(2)20(14)25-28(6,7)21(3,4)5/h8-15,18-20,22-23H,1-7H3/t14-,15-,18+,19+,20+/m0/s1. The second kappa shape index (κ2) is 9.32. The molecule has 5 nitrogen and oxygen atoms in total. The summed E-state index contributed by atoms with van der Waals surface area (Å²) in [5, 5.41) is 21.5. The van der Waals surface area contributed by atoms with Crippen LogP contribution < -0.4 is 4.89 Å². The highest BCUT2D eigenvalue weighted by Crippen LogP contribution is 2.42. The predicted molar refractivity (Wildman–Crippen MR) is 116 cm³/mol. The van der Waals surface area contributed by atoms with Crippen molar-refractivity contribution in [1.29, 1.82) is 0 Å². The molecule has 1 aromatic rings. The summed E-state index contributed by atoms with van der Waals surface area (Å²) in [6.07, 6.45) is -0.249. The molecule has 5 atom stereocenters. The maximum absolute atomic E-state index is 10.7. The van der Waals surface area contributed by atoms with Crippen LogP contribution in [0.5, 0.6) is 5.75 Å². The van der Waals surface area contributed by atoms with Gasteiger partial charge in [0.1, 0.15) is 6.10 Å². The quantitative estimate of drug-likeness (QED) is 0.291. The van der Waals surface area contributed by atoms with E-state index in [9.17, 15) is 10.2 Å². The Labute approximate surface area is 174 Å². The lowest BCUT2D eigenvalue weighted by molar-refractivity contribution is -0.0782. The molecule has 2 rings (SSSR count). The molecule has 0 heterocycles. The fourth-order valence-electron chi connectivity index (χ4n) is 2.96. The number of benzene rings is 1. The van der Waals surface area contributed by atoms with Crippen LogP contribution in [0, 0.1) is 11.8 Å². The van der Waals surface area contributed by atoms with Crippen molar-refractivity contribution in [2.75, 3.05) is 0 Å². The molecule has 0 fully saturated rings. The van der Waals surface area contributed by atoms with Crippen LogP contribution in [-0.2, 0) is 8.76 Å². The first kappa shape index (κ1) is 23.4. The Hall–Kier alpha value is -0.833. The summed E-state index contributed by atoms with van der Waals surface area (Å²) in [7, 11) is -2.03. The third-order valence-electron chi connectivity index (χ3n) is 5.86. The number of rotatable bonds is 6. The van der Waals surface area contributed by atoms with Crippen molar-refractivity contribution in [3.8, 4) is 5.75 Å². The van der Waals surface area contributed by atoms with Crippen molar-refractivity contribution in [2.24, 2.45) is 11.8 Å². The van der Waals surface area contributed by atoms with Gasteiger partial charge in [0.2, 0.25) is 0 Å². The minimum absolute atomic E-state index is 0.0127. The first-order valence-corrected chi connectivity index (χ1v) is 13.4. The zero-order chi connectivity index (χ0) is 21.1. The third-order valence-corrected chi connectivity index (χ3v) is 11.0. The van der Waals surface area contributed by atoms with Crippen LogP contribution in [0.15, 0.2) is 41.3 Å². The van der Waals surface area contributed by atoms with Crippen LogP contribution in [0.1, 0.15) is 34.6 Å². The molecule has 0 spiro atoms. The minimum Gasteiger partial charge on any atom is -0.413 e. The van der Waals surface area contributed by atoms with E-state index in [-0.39, 0.29) is 23.0 Å². The molecule has 1 aliphatic rings. The van der Waals surface area contributed by atoms with Crippen molar-refractivity contribution in [3.05, 3.63) is 41.3 Å². The minimum atomic E-state index is -2.03. The van der Waals surface area contributed by atoms with E-state index in [1.165, 1.54) is 0 Å². The highest BCUT2D eigenvalue weighted by molar-refractivity contribution is 7.98. The van der Waals surface area contributed by atoms with Gasteiger partial charge in [0.15, 0.2) is 14.1 Å². The van der Waals surface area contributed by atoms with Crippen LogP contribution in [-0.4, -0.2) is 36.8 Å². The smallest absolute Gasteiger partial charge is 0.192 e. The summed E-state index contributed by atoms with van der Waals surface area (Å²) in [6.45, 7) is 15.0. The van der Waals surface area contributed by atoms with Crippen LogP contribution in [0.25, 0.3) is 0 Å². The molecule has 0 unspecified atom stereocenters. The van der Waals surface area contributed by atoms with Crippen LogP contribution in [0.2, 0.25) is 18.1 Å². The maximum atomic E-state index is 10.7. The van der Waals surface area contributed by atoms with E-state index in [4.69, 9.17) is 13.6 Å². The first-order valence-electron chi connectivity index (χ1n) is 9.76. The number of hydrogen-bond acceptors (Lipinski definition) is 6. The van der Waals surface area contributed by atoms with E-state index >= 15 is 0 Å². The van der Waals surface area contributed by atoms with Crippen LogP contribution in [0.3, 0.4) is 0 Å². The number of para-hydroxylation sites is 1. The monoisotopic (exact) mass is 426 g/mol. The summed E-state index contributed by atoms with van der Waals surface area (Å²) in [5.41, 5.74) is 0. The summed E-state index contributed by atoms with van der Waals surface area (Å²) in [6, 6.07) is 9.14. The van der Waals surface area contributed by atoms with E-state index in [1.807, 2.05) is 31.2 Å². The Kier molecular flexibility index (Phi) is 7.81. The SMILES string of the molecule is C[C@H]1[C@@H](O)[C@H](O)C(SOOc2ccccc2)=C[C@H](C)[C@H]1O[Si](C)(C)C(C)(C)C. The Balaban J connectivity index is 2.13. The van der Waals surface area contributed by atoms with E-state index < -0.39 is 20.5 Å². The predicted octanol–water partition coefficient (Wildman–Crippen LogP) is 4.93. The molecule has 1 aliphatic carbocycles. The number of aliphatic hydroxyl groups is 2. The molecule has 28 heavy (non-hydrogen) atoms. The van der Waals surface area contributed by atoms with Gasteiger partial charge in [-0.3, -0.25) is 0 Å². The van der Waals surface area contributed by atoms with Gasteiger partial charge in [-0.1, -0.05) is 58.9 Å². The maximum Gasteiger partial charge on any atom is 0.192 e. The van der Waals surface area contributed by atoms with Crippen LogP contribution in [0.4, 0.5) is 0 Å². The largest absolute Gasteiger partial charge is 0.413 e. The van der Waals surface area contributed by atoms with Gasteiger partial charge in [0, 0.05) is 16.7 Å². The molecule has 1 aromatic carbocycles. The molecule has 0 saturated heterocycles. The number of hydrogen-bond donors (Lipinski definition) is 2. The lowest BCUT2D eigenvalue weighted by Crippen LogP contribution is -2.49. The van der Waals surface area contributed by atoms with Gasteiger partial charge in [-0.2, -0.15) is 0 Å².